The second-order valence-corrected chi connectivity index (χ2v) is 6.85. The smallest absolute Gasteiger partial charge is 0.367 e. The molecule has 1 aliphatic heterocycles. The summed E-state index contributed by atoms with van der Waals surface area (Å²) in [6, 6.07) is 22.2. The highest BCUT2D eigenvalue weighted by molar-refractivity contribution is 6.13. The molecule has 0 fully saturated rings. The van der Waals surface area contributed by atoms with Gasteiger partial charge in [-0.3, -0.25) is 4.90 Å². The summed E-state index contributed by atoms with van der Waals surface area (Å²) in [7, 11) is 0. The highest BCUT2D eigenvalue weighted by atomic mass is 19.4. The third-order valence-corrected chi connectivity index (χ3v) is 4.82. The van der Waals surface area contributed by atoms with E-state index in [2.05, 4.69) is 10.3 Å². The third-order valence-electron chi connectivity index (χ3n) is 4.82. The number of benzene rings is 3. The number of urea groups is 1. The molecule has 1 unspecified atom stereocenters. The zero-order valence-corrected chi connectivity index (χ0v) is 15.8. The van der Waals surface area contributed by atoms with E-state index >= 15 is 0 Å². The highest BCUT2D eigenvalue weighted by Gasteiger charge is 2.38. The lowest BCUT2D eigenvalue weighted by Gasteiger charge is -2.26. The number of nitrogens with zero attached hydrogens (tertiary/aromatic N) is 2. The van der Waals surface area contributed by atoms with E-state index in [1.165, 1.54) is 17.0 Å². The van der Waals surface area contributed by atoms with Crippen molar-refractivity contribution in [3.05, 3.63) is 102 Å². The summed E-state index contributed by atoms with van der Waals surface area (Å²) in [4.78, 5) is 18.2. The van der Waals surface area contributed by atoms with Gasteiger partial charge in [0, 0.05) is 12.2 Å². The lowest BCUT2D eigenvalue weighted by Crippen LogP contribution is -2.36. The van der Waals surface area contributed by atoms with E-state index in [1.54, 1.807) is 0 Å². The lowest BCUT2D eigenvalue weighted by atomic mass is 10.0. The summed E-state index contributed by atoms with van der Waals surface area (Å²) < 4.78 is 39.6. The molecule has 0 spiro atoms. The van der Waals surface area contributed by atoms with E-state index in [9.17, 15) is 18.0 Å². The van der Waals surface area contributed by atoms with Crippen LogP contribution < -0.4 is 10.2 Å². The Bertz CT molecular complexity index is 1070. The molecule has 0 saturated carbocycles. The number of carbonyl (C=O) groups excluding carboxylic acids is 1. The van der Waals surface area contributed by atoms with Gasteiger partial charge >= 0.3 is 12.2 Å². The van der Waals surface area contributed by atoms with Crippen LogP contribution in [-0.2, 0) is 12.7 Å². The van der Waals surface area contributed by atoms with E-state index in [-0.39, 0.29) is 5.69 Å². The van der Waals surface area contributed by atoms with Crippen LogP contribution in [0.5, 0.6) is 0 Å². The normalized spacial score (nSPS) is 16.5. The second-order valence-electron chi connectivity index (χ2n) is 6.85. The first kappa shape index (κ1) is 19.7. The molecule has 2 amide bonds. The summed E-state index contributed by atoms with van der Waals surface area (Å²) in [6.07, 6.45) is -4.50. The first-order valence-electron chi connectivity index (χ1n) is 9.35. The number of carbonyl (C=O) groups is 1. The first-order valence-corrected chi connectivity index (χ1v) is 9.35. The average Bonchev–Trinajstić information content (AvgIpc) is 3.09. The van der Waals surface area contributed by atoms with Crippen LogP contribution in [0.4, 0.5) is 23.7 Å². The number of amidine groups is 1. The monoisotopic (exact) mass is 409 g/mol. The quantitative estimate of drug-likeness (QED) is 0.612. The SMILES string of the molecule is O=C1N=C(NCc2ccccc2)C(c2ccccc2)N1c1cccc(C(F)(F)F)c1. The Morgan fingerprint density at radius 1 is 0.900 bits per heavy atom. The summed E-state index contributed by atoms with van der Waals surface area (Å²) in [6.45, 7) is 0.437. The van der Waals surface area contributed by atoms with Gasteiger partial charge in [-0.1, -0.05) is 66.7 Å². The number of rotatable bonds is 4. The molecule has 1 aliphatic rings. The van der Waals surface area contributed by atoms with Crippen LogP contribution in [0.15, 0.2) is 89.9 Å². The zero-order chi connectivity index (χ0) is 21.1. The van der Waals surface area contributed by atoms with Crippen LogP contribution in [0.1, 0.15) is 22.7 Å². The molecule has 3 aromatic rings. The Balaban J connectivity index is 1.69. The van der Waals surface area contributed by atoms with Crippen molar-refractivity contribution in [3.8, 4) is 0 Å². The van der Waals surface area contributed by atoms with Gasteiger partial charge in [-0.2, -0.15) is 18.2 Å². The summed E-state index contributed by atoms with van der Waals surface area (Å²) in [5, 5.41) is 3.19. The number of alkyl halides is 3. The number of nitrogens with one attached hydrogen (secondary N) is 1. The zero-order valence-electron chi connectivity index (χ0n) is 15.8. The number of halogens is 3. The van der Waals surface area contributed by atoms with Gasteiger partial charge in [0.2, 0.25) is 0 Å². The van der Waals surface area contributed by atoms with Crippen LogP contribution in [0, 0.1) is 0 Å². The van der Waals surface area contributed by atoms with E-state index in [0.29, 0.717) is 12.4 Å². The van der Waals surface area contributed by atoms with Gasteiger partial charge < -0.3 is 5.32 Å². The van der Waals surface area contributed by atoms with Crippen molar-refractivity contribution in [2.24, 2.45) is 4.99 Å². The predicted octanol–water partition coefficient (Wildman–Crippen LogP) is 5.58. The average molecular weight is 409 g/mol. The van der Waals surface area contributed by atoms with Gasteiger partial charge in [-0.05, 0) is 29.3 Å². The maximum Gasteiger partial charge on any atom is 0.416 e. The Hall–Kier alpha value is -3.61. The fourth-order valence-electron chi connectivity index (χ4n) is 3.41. The largest absolute Gasteiger partial charge is 0.416 e. The molecule has 0 bridgehead atoms. The minimum atomic E-state index is -4.50. The topological polar surface area (TPSA) is 44.7 Å². The standard InChI is InChI=1S/C23H18F3N3O/c24-23(25,26)18-12-7-13-19(14-18)29-20(17-10-5-2-6-11-17)21(28-22(29)30)27-15-16-8-3-1-4-9-16/h1-14,20H,15H2,(H,27,28,30). The Morgan fingerprint density at radius 2 is 1.57 bits per heavy atom. The molecule has 152 valence electrons. The molecular formula is C23H18F3N3O. The Labute approximate surface area is 171 Å². The van der Waals surface area contributed by atoms with Gasteiger partial charge in [0.05, 0.1) is 5.56 Å². The summed E-state index contributed by atoms with van der Waals surface area (Å²) in [5.74, 6) is 0.396. The number of hydrogen-bond acceptors (Lipinski definition) is 2. The molecule has 7 heteroatoms. The van der Waals surface area contributed by atoms with Crippen LogP contribution in [0.3, 0.4) is 0 Å². The van der Waals surface area contributed by atoms with Crippen LogP contribution in [-0.4, -0.2) is 11.9 Å². The van der Waals surface area contributed by atoms with Gasteiger partial charge in [0.1, 0.15) is 11.9 Å². The molecular weight excluding hydrogens is 391 g/mol. The Kier molecular flexibility index (Phi) is 5.27. The van der Waals surface area contributed by atoms with E-state index in [0.717, 1.165) is 23.3 Å². The Morgan fingerprint density at radius 3 is 2.23 bits per heavy atom. The van der Waals surface area contributed by atoms with E-state index < -0.39 is 23.8 Å². The molecule has 1 atom stereocenters. The molecule has 30 heavy (non-hydrogen) atoms. The van der Waals surface area contributed by atoms with Gasteiger partial charge in [-0.15, -0.1) is 0 Å². The predicted molar refractivity (Wildman–Crippen MR) is 109 cm³/mol. The molecule has 0 aromatic heterocycles. The molecule has 0 aliphatic carbocycles. The molecule has 1 N–H and O–H groups in total. The van der Waals surface area contributed by atoms with Crippen LogP contribution in [0.2, 0.25) is 0 Å². The number of hydrogen-bond donors (Lipinski definition) is 1. The fraction of sp³-hybridized carbons (Fsp3) is 0.130. The van der Waals surface area contributed by atoms with Crippen LogP contribution in [0.25, 0.3) is 0 Å². The van der Waals surface area contributed by atoms with Crippen molar-refractivity contribution in [1.82, 2.24) is 5.32 Å². The summed E-state index contributed by atoms with van der Waals surface area (Å²) in [5.41, 5.74) is 1.08. The summed E-state index contributed by atoms with van der Waals surface area (Å²) >= 11 is 0. The van der Waals surface area contributed by atoms with Gasteiger partial charge in [0.15, 0.2) is 0 Å². The molecule has 4 rings (SSSR count). The molecule has 0 saturated heterocycles. The third kappa shape index (κ3) is 4.05. The van der Waals surface area contributed by atoms with Crippen LogP contribution >= 0.6 is 0 Å². The van der Waals surface area contributed by atoms with Crippen molar-refractivity contribution in [1.29, 1.82) is 0 Å². The maximum absolute atomic E-state index is 13.2. The molecule has 3 aromatic carbocycles. The van der Waals surface area contributed by atoms with Crippen molar-refractivity contribution in [3.63, 3.8) is 0 Å². The van der Waals surface area contributed by atoms with E-state index in [4.69, 9.17) is 0 Å². The highest BCUT2D eigenvalue weighted by Crippen LogP contribution is 2.37. The number of anilines is 1. The minimum absolute atomic E-state index is 0.143. The minimum Gasteiger partial charge on any atom is -0.367 e. The van der Waals surface area contributed by atoms with Gasteiger partial charge in [0.25, 0.3) is 0 Å². The molecule has 0 radical (unpaired) electrons. The van der Waals surface area contributed by atoms with Gasteiger partial charge in [-0.25, -0.2) is 4.79 Å². The maximum atomic E-state index is 13.2. The van der Waals surface area contributed by atoms with E-state index in [1.807, 2.05) is 60.7 Å². The fourth-order valence-corrected chi connectivity index (χ4v) is 3.41. The van der Waals surface area contributed by atoms with Crippen molar-refractivity contribution in [2.75, 3.05) is 4.90 Å². The molecule has 4 nitrogen and oxygen atoms in total. The molecule has 1 heterocycles. The van der Waals surface area contributed by atoms with Crippen molar-refractivity contribution in [2.45, 2.75) is 18.8 Å². The van der Waals surface area contributed by atoms with Crippen molar-refractivity contribution < 1.29 is 18.0 Å². The number of aliphatic imine (C=N–C) groups is 1. The second kappa shape index (κ2) is 8.02. The number of amides is 2. The lowest BCUT2D eigenvalue weighted by molar-refractivity contribution is -0.137. The van der Waals surface area contributed by atoms with Crippen molar-refractivity contribution >= 4 is 17.6 Å². The first-order chi connectivity index (χ1) is 14.4.